The van der Waals surface area contributed by atoms with Gasteiger partial charge in [0.25, 0.3) is 0 Å². The van der Waals surface area contributed by atoms with Crippen molar-refractivity contribution in [1.82, 2.24) is 9.88 Å². The summed E-state index contributed by atoms with van der Waals surface area (Å²) in [6.07, 6.45) is 1.57. The average Bonchev–Trinajstić information content (AvgIpc) is 2.88. The van der Waals surface area contributed by atoms with Crippen molar-refractivity contribution in [3.63, 3.8) is 0 Å². The van der Waals surface area contributed by atoms with Crippen molar-refractivity contribution < 1.29 is 9.53 Å². The minimum absolute atomic E-state index is 0.0588. The zero-order chi connectivity index (χ0) is 13.9. The molecule has 20 heavy (non-hydrogen) atoms. The number of hydrogen-bond donors (Lipinski definition) is 1. The molecule has 5 nitrogen and oxygen atoms in total. The van der Waals surface area contributed by atoms with Crippen LogP contribution in [0.5, 0.6) is 5.88 Å². The van der Waals surface area contributed by atoms with Crippen LogP contribution in [0, 0.1) is 0 Å². The monoisotopic (exact) mass is 309 g/mol. The Morgan fingerprint density at radius 3 is 3.00 bits per heavy atom. The molecule has 0 atom stereocenters. The third kappa shape index (κ3) is 2.86. The van der Waals surface area contributed by atoms with Crippen LogP contribution >= 0.6 is 22.9 Å². The average molecular weight is 310 g/mol. The van der Waals surface area contributed by atoms with Crippen LogP contribution in [0.3, 0.4) is 0 Å². The predicted octanol–water partition coefficient (Wildman–Crippen LogP) is 3.09. The fourth-order valence-corrected chi connectivity index (χ4v) is 2.60. The number of likely N-dealkylation sites (tertiary alicyclic amines) is 1. The van der Waals surface area contributed by atoms with E-state index in [1.807, 2.05) is 17.5 Å². The Morgan fingerprint density at radius 1 is 1.45 bits per heavy atom. The van der Waals surface area contributed by atoms with E-state index in [2.05, 4.69) is 10.3 Å². The molecular weight excluding hydrogens is 298 g/mol. The number of pyridine rings is 1. The van der Waals surface area contributed by atoms with Crippen molar-refractivity contribution in [1.29, 1.82) is 0 Å². The van der Waals surface area contributed by atoms with Crippen molar-refractivity contribution in [2.75, 3.05) is 18.4 Å². The molecule has 0 saturated carbocycles. The number of carbonyl (C=O) groups excluding carboxylic acids is 1. The van der Waals surface area contributed by atoms with Crippen molar-refractivity contribution >= 4 is 34.0 Å². The van der Waals surface area contributed by atoms with Gasteiger partial charge in [0.15, 0.2) is 0 Å². The van der Waals surface area contributed by atoms with Gasteiger partial charge in [-0.3, -0.25) is 5.32 Å². The smallest absolute Gasteiger partial charge is 0.322 e. The lowest BCUT2D eigenvalue weighted by atomic mass is 10.2. The highest BCUT2D eigenvalue weighted by Crippen LogP contribution is 2.24. The molecular formula is C13H12ClN3O2S. The number of rotatable bonds is 3. The molecule has 104 valence electrons. The number of hydrogen-bond acceptors (Lipinski definition) is 4. The van der Waals surface area contributed by atoms with Crippen LogP contribution in [0.1, 0.15) is 0 Å². The van der Waals surface area contributed by atoms with E-state index < -0.39 is 0 Å². The van der Waals surface area contributed by atoms with Crippen LogP contribution in [-0.4, -0.2) is 35.1 Å². The van der Waals surface area contributed by atoms with E-state index in [4.69, 9.17) is 16.3 Å². The third-order valence-electron chi connectivity index (χ3n) is 2.89. The molecule has 0 unspecified atom stereocenters. The van der Waals surface area contributed by atoms with Gasteiger partial charge in [0.1, 0.15) is 11.1 Å². The van der Waals surface area contributed by atoms with Crippen molar-refractivity contribution in [2.24, 2.45) is 0 Å². The SMILES string of the molecule is O=C(Nc1cccs1)N1CC(Oc2ncccc2Cl)C1. The van der Waals surface area contributed by atoms with E-state index >= 15 is 0 Å². The van der Waals surface area contributed by atoms with Crippen LogP contribution in [0.2, 0.25) is 5.02 Å². The van der Waals surface area contributed by atoms with Crippen molar-refractivity contribution in [3.05, 3.63) is 40.9 Å². The first kappa shape index (κ1) is 13.2. The number of urea groups is 1. The number of aromatic nitrogens is 1. The summed E-state index contributed by atoms with van der Waals surface area (Å²) in [5.41, 5.74) is 0. The summed E-state index contributed by atoms with van der Waals surface area (Å²) in [4.78, 5) is 17.6. The van der Waals surface area contributed by atoms with Gasteiger partial charge in [0.2, 0.25) is 5.88 Å². The van der Waals surface area contributed by atoms with Gasteiger partial charge < -0.3 is 9.64 Å². The highest BCUT2D eigenvalue weighted by Gasteiger charge is 2.33. The van der Waals surface area contributed by atoms with Gasteiger partial charge in [-0.25, -0.2) is 9.78 Å². The van der Waals surface area contributed by atoms with Gasteiger partial charge in [0.05, 0.1) is 18.1 Å². The lowest BCUT2D eigenvalue weighted by Gasteiger charge is -2.38. The Kier molecular flexibility index (Phi) is 3.75. The largest absolute Gasteiger partial charge is 0.470 e. The maximum absolute atomic E-state index is 11.9. The van der Waals surface area contributed by atoms with Gasteiger partial charge in [-0.15, -0.1) is 11.3 Å². The summed E-state index contributed by atoms with van der Waals surface area (Å²) >= 11 is 7.46. The topological polar surface area (TPSA) is 54.5 Å². The first-order valence-corrected chi connectivity index (χ1v) is 7.35. The van der Waals surface area contributed by atoms with Gasteiger partial charge in [0, 0.05) is 6.20 Å². The maximum atomic E-state index is 11.9. The summed E-state index contributed by atoms with van der Waals surface area (Å²) in [6.45, 7) is 1.06. The minimum atomic E-state index is -0.112. The number of nitrogens with one attached hydrogen (secondary N) is 1. The number of ether oxygens (including phenoxy) is 1. The number of anilines is 1. The predicted molar refractivity (Wildman–Crippen MR) is 78.6 cm³/mol. The summed E-state index contributed by atoms with van der Waals surface area (Å²) in [6, 6.07) is 7.12. The van der Waals surface area contributed by atoms with Crippen LogP contribution in [-0.2, 0) is 0 Å². The summed E-state index contributed by atoms with van der Waals surface area (Å²) < 4.78 is 5.63. The fourth-order valence-electron chi connectivity index (χ4n) is 1.83. The first-order valence-electron chi connectivity index (χ1n) is 6.09. The Labute approximate surface area is 125 Å². The third-order valence-corrected chi connectivity index (χ3v) is 3.96. The molecule has 1 aliphatic heterocycles. The Bertz CT molecular complexity index is 599. The van der Waals surface area contributed by atoms with Gasteiger partial charge >= 0.3 is 6.03 Å². The molecule has 2 aromatic heterocycles. The molecule has 1 N–H and O–H groups in total. The molecule has 1 fully saturated rings. The number of thiophene rings is 1. The lowest BCUT2D eigenvalue weighted by molar-refractivity contribution is 0.0462. The fraction of sp³-hybridized carbons (Fsp3) is 0.231. The molecule has 0 aromatic carbocycles. The highest BCUT2D eigenvalue weighted by atomic mass is 35.5. The standard InChI is InChI=1S/C13H12ClN3O2S/c14-10-3-1-5-15-12(10)19-9-7-17(8-9)13(18)16-11-4-2-6-20-11/h1-6,9H,7-8H2,(H,16,18). The Hall–Kier alpha value is -1.79. The maximum Gasteiger partial charge on any atom is 0.322 e. The van der Waals surface area contributed by atoms with E-state index in [1.54, 1.807) is 23.2 Å². The zero-order valence-electron chi connectivity index (χ0n) is 10.5. The van der Waals surface area contributed by atoms with E-state index in [9.17, 15) is 4.79 Å². The number of amides is 2. The molecule has 1 saturated heterocycles. The number of carbonyl (C=O) groups is 1. The first-order chi connectivity index (χ1) is 9.72. The molecule has 2 amide bonds. The molecule has 2 aromatic rings. The van der Waals surface area contributed by atoms with Crippen LogP contribution in [0.15, 0.2) is 35.8 Å². The molecule has 1 aliphatic rings. The lowest BCUT2D eigenvalue weighted by Crippen LogP contribution is -2.57. The molecule has 0 aliphatic carbocycles. The van der Waals surface area contributed by atoms with Gasteiger partial charge in [-0.2, -0.15) is 0 Å². The second kappa shape index (κ2) is 5.68. The van der Waals surface area contributed by atoms with Crippen LogP contribution < -0.4 is 10.1 Å². The summed E-state index contributed by atoms with van der Waals surface area (Å²) in [5.74, 6) is 0.414. The molecule has 0 radical (unpaired) electrons. The number of halogens is 1. The minimum Gasteiger partial charge on any atom is -0.470 e. The van der Waals surface area contributed by atoms with Gasteiger partial charge in [-0.05, 0) is 29.6 Å². The summed E-state index contributed by atoms with van der Waals surface area (Å²) in [5, 5.41) is 6.07. The normalized spacial score (nSPS) is 14.8. The number of nitrogens with zero attached hydrogens (tertiary/aromatic N) is 2. The molecule has 3 heterocycles. The molecule has 0 spiro atoms. The van der Waals surface area contributed by atoms with Crippen LogP contribution in [0.4, 0.5) is 9.80 Å². The van der Waals surface area contributed by atoms with E-state index in [1.165, 1.54) is 11.3 Å². The quantitative estimate of drug-likeness (QED) is 0.948. The van der Waals surface area contributed by atoms with Gasteiger partial charge in [-0.1, -0.05) is 11.6 Å². The highest BCUT2D eigenvalue weighted by molar-refractivity contribution is 7.14. The van der Waals surface area contributed by atoms with Crippen LogP contribution in [0.25, 0.3) is 0 Å². The van der Waals surface area contributed by atoms with Crippen molar-refractivity contribution in [3.8, 4) is 5.88 Å². The second-order valence-electron chi connectivity index (χ2n) is 4.34. The molecule has 7 heteroatoms. The van der Waals surface area contributed by atoms with Crippen molar-refractivity contribution in [2.45, 2.75) is 6.10 Å². The van der Waals surface area contributed by atoms with E-state index in [0.29, 0.717) is 24.0 Å². The molecule has 0 bridgehead atoms. The Balaban J connectivity index is 1.49. The van der Waals surface area contributed by atoms with E-state index in [0.717, 1.165) is 5.00 Å². The second-order valence-corrected chi connectivity index (χ2v) is 5.70. The molecule has 3 rings (SSSR count). The zero-order valence-corrected chi connectivity index (χ0v) is 12.0. The van der Waals surface area contributed by atoms with E-state index in [-0.39, 0.29) is 12.1 Å². The summed E-state index contributed by atoms with van der Waals surface area (Å²) in [7, 11) is 0. The Morgan fingerprint density at radius 2 is 2.30 bits per heavy atom.